The van der Waals surface area contributed by atoms with Crippen LogP contribution in [-0.4, -0.2) is 25.5 Å². The normalized spacial score (nSPS) is 11.1. The van der Waals surface area contributed by atoms with Gasteiger partial charge in [-0.25, -0.2) is 9.36 Å². The zero-order valence-corrected chi connectivity index (χ0v) is 13.9. The van der Waals surface area contributed by atoms with E-state index in [1.807, 2.05) is 72.9 Å². The largest absolute Gasteiger partial charge is 0.278 e. The second-order valence-electron chi connectivity index (χ2n) is 5.73. The molecule has 2 aromatic heterocycles. The summed E-state index contributed by atoms with van der Waals surface area (Å²) >= 11 is 0. The van der Waals surface area contributed by atoms with Crippen LogP contribution in [0.25, 0.3) is 17.8 Å². The van der Waals surface area contributed by atoms with Crippen LogP contribution in [0.15, 0.2) is 85.3 Å². The van der Waals surface area contributed by atoms with Gasteiger partial charge in [-0.1, -0.05) is 36.4 Å². The van der Waals surface area contributed by atoms with Gasteiger partial charge in [-0.15, -0.1) is 0 Å². The van der Waals surface area contributed by atoms with Gasteiger partial charge in [-0.2, -0.15) is 10.2 Å². The highest BCUT2D eigenvalue weighted by Gasteiger charge is 2.10. The van der Waals surface area contributed by atoms with Gasteiger partial charge < -0.3 is 0 Å². The van der Waals surface area contributed by atoms with E-state index in [0.29, 0.717) is 5.56 Å². The Labute approximate surface area is 150 Å². The molecule has 0 saturated heterocycles. The average Bonchev–Trinajstić information content (AvgIpc) is 3.39. The predicted octanol–water partition coefficient (Wildman–Crippen LogP) is 3.93. The second kappa shape index (κ2) is 7.03. The van der Waals surface area contributed by atoms with E-state index < -0.39 is 0 Å². The monoisotopic (exact) mass is 340 g/mol. The molecule has 4 rings (SSSR count). The van der Waals surface area contributed by atoms with E-state index in [4.69, 9.17) is 0 Å². The minimum Gasteiger partial charge on any atom is -0.267 e. The molecule has 0 aliphatic heterocycles. The molecule has 4 aromatic rings. The quantitative estimate of drug-likeness (QED) is 0.566. The van der Waals surface area contributed by atoms with Gasteiger partial charge in [0.2, 0.25) is 0 Å². The number of rotatable bonds is 4. The van der Waals surface area contributed by atoms with Gasteiger partial charge in [-0.05, 0) is 48.0 Å². The number of nitrogens with zero attached hydrogens (tertiary/aromatic N) is 4. The van der Waals surface area contributed by atoms with Crippen molar-refractivity contribution in [3.63, 3.8) is 0 Å². The van der Waals surface area contributed by atoms with Crippen molar-refractivity contribution in [3.8, 4) is 5.69 Å². The van der Waals surface area contributed by atoms with Crippen LogP contribution in [-0.2, 0) is 0 Å². The molecule has 0 aliphatic carbocycles. The summed E-state index contributed by atoms with van der Waals surface area (Å²) in [5, 5.41) is 8.51. The molecule has 0 saturated carbocycles. The van der Waals surface area contributed by atoms with Crippen LogP contribution >= 0.6 is 0 Å². The van der Waals surface area contributed by atoms with Crippen LogP contribution < -0.4 is 0 Å². The van der Waals surface area contributed by atoms with Crippen molar-refractivity contribution < 1.29 is 4.79 Å². The molecule has 5 heteroatoms. The maximum atomic E-state index is 12.6. The van der Waals surface area contributed by atoms with Gasteiger partial charge >= 0.3 is 0 Å². The number of carbonyl (C=O) groups is 1. The summed E-state index contributed by atoms with van der Waals surface area (Å²) in [6, 6.07) is 20.9. The van der Waals surface area contributed by atoms with Crippen LogP contribution in [0.3, 0.4) is 0 Å². The highest BCUT2D eigenvalue weighted by molar-refractivity contribution is 5.95. The number of benzene rings is 2. The highest BCUT2D eigenvalue weighted by atomic mass is 16.2. The summed E-state index contributed by atoms with van der Waals surface area (Å²) in [5.41, 5.74) is 3.29. The fraction of sp³-hybridized carbons (Fsp3) is 0. The first-order valence-corrected chi connectivity index (χ1v) is 8.23. The van der Waals surface area contributed by atoms with Gasteiger partial charge in [0.15, 0.2) is 0 Å². The molecular weight excluding hydrogens is 324 g/mol. The lowest BCUT2D eigenvalue weighted by Crippen LogP contribution is -2.12. The molecular formula is C21H16N4O. The Hall–Kier alpha value is -3.73. The molecule has 2 heterocycles. The van der Waals surface area contributed by atoms with Crippen molar-refractivity contribution in [2.75, 3.05) is 0 Å². The maximum absolute atomic E-state index is 12.6. The Balaban J connectivity index is 1.50. The fourth-order valence-electron chi connectivity index (χ4n) is 2.60. The Morgan fingerprint density at radius 1 is 0.846 bits per heavy atom. The van der Waals surface area contributed by atoms with Crippen LogP contribution in [0.2, 0.25) is 0 Å². The van der Waals surface area contributed by atoms with Crippen molar-refractivity contribution in [2.45, 2.75) is 0 Å². The first-order chi connectivity index (χ1) is 12.8. The second-order valence-corrected chi connectivity index (χ2v) is 5.73. The molecule has 0 radical (unpaired) electrons. The van der Waals surface area contributed by atoms with Gasteiger partial charge in [0, 0.05) is 24.2 Å². The predicted molar refractivity (Wildman–Crippen MR) is 101 cm³/mol. The van der Waals surface area contributed by atoms with E-state index in [-0.39, 0.29) is 5.91 Å². The first kappa shape index (κ1) is 15.8. The molecule has 26 heavy (non-hydrogen) atoms. The number of carbonyl (C=O) groups excluding carboxylic acids is 1. The summed E-state index contributed by atoms with van der Waals surface area (Å²) < 4.78 is 3.10. The van der Waals surface area contributed by atoms with E-state index in [2.05, 4.69) is 10.2 Å². The Kier molecular flexibility index (Phi) is 4.26. The Bertz CT molecular complexity index is 1030. The van der Waals surface area contributed by atoms with Gasteiger partial charge in [0.05, 0.1) is 11.4 Å². The molecule has 0 N–H and O–H groups in total. The maximum Gasteiger partial charge on any atom is 0.278 e. The van der Waals surface area contributed by atoms with Gasteiger partial charge in [-0.3, -0.25) is 4.79 Å². The van der Waals surface area contributed by atoms with Crippen LogP contribution in [0, 0.1) is 0 Å². The lowest BCUT2D eigenvalue weighted by Gasteiger charge is -2.03. The topological polar surface area (TPSA) is 52.7 Å². The van der Waals surface area contributed by atoms with Gasteiger partial charge in [0.25, 0.3) is 5.91 Å². The highest BCUT2D eigenvalue weighted by Crippen LogP contribution is 2.11. The number of hydrogen-bond donors (Lipinski definition) is 0. The molecule has 0 bridgehead atoms. The number of aromatic nitrogens is 4. The summed E-state index contributed by atoms with van der Waals surface area (Å²) in [6.07, 6.45) is 9.10. The van der Waals surface area contributed by atoms with E-state index in [0.717, 1.165) is 16.9 Å². The Morgan fingerprint density at radius 3 is 2.38 bits per heavy atom. The van der Waals surface area contributed by atoms with Crippen LogP contribution in [0.4, 0.5) is 0 Å². The van der Waals surface area contributed by atoms with E-state index in [9.17, 15) is 4.79 Å². The summed E-state index contributed by atoms with van der Waals surface area (Å²) in [5.74, 6) is -0.170. The average molecular weight is 340 g/mol. The first-order valence-electron chi connectivity index (χ1n) is 8.23. The molecule has 0 amide bonds. The zero-order valence-electron chi connectivity index (χ0n) is 13.9. The minimum atomic E-state index is -0.170. The molecule has 0 unspecified atom stereocenters. The van der Waals surface area contributed by atoms with Crippen molar-refractivity contribution in [3.05, 3.63) is 102 Å². The molecule has 126 valence electrons. The molecule has 0 spiro atoms. The van der Waals surface area contributed by atoms with Crippen molar-refractivity contribution in [1.29, 1.82) is 0 Å². The third-order valence-corrected chi connectivity index (χ3v) is 3.95. The van der Waals surface area contributed by atoms with Gasteiger partial charge in [0.1, 0.15) is 0 Å². The van der Waals surface area contributed by atoms with Crippen LogP contribution in [0.5, 0.6) is 0 Å². The minimum absolute atomic E-state index is 0.170. The van der Waals surface area contributed by atoms with E-state index in [1.54, 1.807) is 29.2 Å². The van der Waals surface area contributed by atoms with Crippen LogP contribution in [0.1, 0.15) is 21.6 Å². The van der Waals surface area contributed by atoms with Crippen molar-refractivity contribution >= 4 is 18.1 Å². The lowest BCUT2D eigenvalue weighted by molar-refractivity contribution is 0.0945. The Morgan fingerprint density at radius 2 is 1.65 bits per heavy atom. The molecule has 0 fully saturated rings. The summed E-state index contributed by atoms with van der Waals surface area (Å²) in [7, 11) is 0. The summed E-state index contributed by atoms with van der Waals surface area (Å²) in [6.45, 7) is 0. The SMILES string of the molecule is O=C(c1ccc(-n2cccn2)cc1)n1ccc(C=Cc2ccccc2)n1. The summed E-state index contributed by atoms with van der Waals surface area (Å²) in [4.78, 5) is 12.6. The standard InChI is InChI=1S/C21H16N4O/c26-21(18-8-11-20(12-9-18)24-15-4-14-22-24)25-16-13-19(23-25)10-7-17-5-2-1-3-6-17/h1-16H. The number of hydrogen-bond acceptors (Lipinski definition) is 3. The smallest absolute Gasteiger partial charge is 0.267 e. The van der Waals surface area contributed by atoms with Crippen molar-refractivity contribution in [2.24, 2.45) is 0 Å². The van der Waals surface area contributed by atoms with Crippen molar-refractivity contribution in [1.82, 2.24) is 19.6 Å². The molecule has 0 aliphatic rings. The zero-order chi connectivity index (χ0) is 17.8. The lowest BCUT2D eigenvalue weighted by atomic mass is 10.2. The molecule has 0 atom stereocenters. The fourth-order valence-corrected chi connectivity index (χ4v) is 2.60. The van der Waals surface area contributed by atoms with E-state index in [1.165, 1.54) is 4.68 Å². The molecule has 5 nitrogen and oxygen atoms in total. The third kappa shape index (κ3) is 3.37. The molecule has 2 aromatic carbocycles. The van der Waals surface area contributed by atoms with E-state index >= 15 is 0 Å². The third-order valence-electron chi connectivity index (χ3n) is 3.95.